The Hall–Kier alpha value is -0.176. The number of carboxylic acid groups (broad SMARTS) is 1. The van der Waals surface area contributed by atoms with Gasteiger partial charge in [-0.15, -0.1) is 0 Å². The number of hydrogen-bond donors (Lipinski definition) is 1. The van der Waals surface area contributed by atoms with Gasteiger partial charge in [0.15, 0.2) is 8.32 Å². The SMILES string of the molecule is C[Si](C)(C)OC1CC(C(=O)O)N([Si](C)(C)C)C1. The topological polar surface area (TPSA) is 49.8 Å². The highest BCUT2D eigenvalue weighted by molar-refractivity contribution is 6.73. The van der Waals surface area contributed by atoms with E-state index in [1.807, 2.05) is 0 Å². The summed E-state index contributed by atoms with van der Waals surface area (Å²) in [6, 6.07) is -0.344. The average molecular weight is 275 g/mol. The average Bonchev–Trinajstić information content (AvgIpc) is 2.43. The fraction of sp³-hybridized carbons (Fsp3) is 0.909. The standard InChI is InChI=1S/C11H25NO3Si2/c1-16(2,3)12-8-9(15-17(4,5)6)7-10(12)11(13)14/h9-10H,7-8H2,1-6H3,(H,13,14). The van der Waals surface area contributed by atoms with Gasteiger partial charge < -0.3 is 14.1 Å². The molecule has 1 fully saturated rings. The fourth-order valence-electron chi connectivity index (χ4n) is 2.36. The van der Waals surface area contributed by atoms with Crippen molar-refractivity contribution in [2.24, 2.45) is 0 Å². The fourth-order valence-corrected chi connectivity index (χ4v) is 5.43. The van der Waals surface area contributed by atoms with Crippen LogP contribution in [0, 0.1) is 0 Å². The maximum absolute atomic E-state index is 11.3. The van der Waals surface area contributed by atoms with E-state index in [0.29, 0.717) is 6.42 Å². The minimum absolute atomic E-state index is 0.106. The van der Waals surface area contributed by atoms with Crippen molar-refractivity contribution in [2.75, 3.05) is 6.54 Å². The summed E-state index contributed by atoms with van der Waals surface area (Å²) >= 11 is 0. The van der Waals surface area contributed by atoms with Crippen LogP contribution in [-0.4, -0.2) is 50.9 Å². The maximum atomic E-state index is 11.3. The Kier molecular flexibility index (Phi) is 4.23. The van der Waals surface area contributed by atoms with Crippen LogP contribution in [0.15, 0.2) is 0 Å². The first-order valence-electron chi connectivity index (χ1n) is 6.18. The van der Waals surface area contributed by atoms with E-state index in [-0.39, 0.29) is 12.1 Å². The van der Waals surface area contributed by atoms with Crippen LogP contribution in [-0.2, 0) is 9.22 Å². The van der Waals surface area contributed by atoms with Gasteiger partial charge >= 0.3 is 5.97 Å². The number of rotatable bonds is 4. The third-order valence-electron chi connectivity index (χ3n) is 2.93. The molecule has 1 N–H and O–H groups in total. The van der Waals surface area contributed by atoms with Crippen molar-refractivity contribution < 1.29 is 14.3 Å². The van der Waals surface area contributed by atoms with E-state index in [1.54, 1.807) is 0 Å². The molecule has 2 unspecified atom stereocenters. The van der Waals surface area contributed by atoms with E-state index in [0.717, 1.165) is 6.54 Å². The Morgan fingerprint density at radius 2 is 1.76 bits per heavy atom. The molecule has 4 nitrogen and oxygen atoms in total. The van der Waals surface area contributed by atoms with Crippen molar-refractivity contribution in [3.63, 3.8) is 0 Å². The number of nitrogens with zero attached hydrogens (tertiary/aromatic N) is 1. The molecule has 1 saturated heterocycles. The van der Waals surface area contributed by atoms with Crippen LogP contribution >= 0.6 is 0 Å². The molecule has 1 rings (SSSR count). The second-order valence-electron chi connectivity index (χ2n) is 6.77. The van der Waals surface area contributed by atoms with Gasteiger partial charge in [0.05, 0.1) is 6.10 Å². The van der Waals surface area contributed by atoms with Crippen LogP contribution in [0.25, 0.3) is 0 Å². The Balaban J connectivity index is 2.76. The van der Waals surface area contributed by atoms with E-state index in [4.69, 9.17) is 4.43 Å². The van der Waals surface area contributed by atoms with Crippen LogP contribution < -0.4 is 0 Å². The summed E-state index contributed by atoms with van der Waals surface area (Å²) in [5.41, 5.74) is 0. The second kappa shape index (κ2) is 4.83. The molecule has 2 atom stereocenters. The van der Waals surface area contributed by atoms with Gasteiger partial charge in [0.25, 0.3) is 0 Å². The molecule has 6 heteroatoms. The highest BCUT2D eigenvalue weighted by atomic mass is 28.4. The summed E-state index contributed by atoms with van der Waals surface area (Å²) < 4.78 is 8.24. The van der Waals surface area contributed by atoms with E-state index >= 15 is 0 Å². The van der Waals surface area contributed by atoms with Crippen molar-refractivity contribution in [3.8, 4) is 0 Å². The zero-order valence-corrected chi connectivity index (χ0v) is 13.8. The predicted molar refractivity (Wildman–Crippen MR) is 74.3 cm³/mol. The Morgan fingerprint density at radius 1 is 1.24 bits per heavy atom. The second-order valence-corrected chi connectivity index (χ2v) is 16.1. The van der Waals surface area contributed by atoms with Crippen LogP contribution in [0.5, 0.6) is 0 Å². The van der Waals surface area contributed by atoms with Crippen molar-refractivity contribution in [2.45, 2.75) is 57.8 Å². The van der Waals surface area contributed by atoms with E-state index in [9.17, 15) is 9.90 Å². The molecule has 0 aromatic rings. The smallest absolute Gasteiger partial charge is 0.320 e. The normalized spacial score (nSPS) is 27.4. The number of carbonyl (C=O) groups is 1. The van der Waals surface area contributed by atoms with Crippen molar-refractivity contribution in [3.05, 3.63) is 0 Å². The highest BCUT2D eigenvalue weighted by Crippen LogP contribution is 2.28. The summed E-state index contributed by atoms with van der Waals surface area (Å²) in [5, 5.41) is 9.30. The highest BCUT2D eigenvalue weighted by Gasteiger charge is 2.44. The first kappa shape index (κ1) is 14.9. The third kappa shape index (κ3) is 4.20. The molecule has 0 aromatic heterocycles. The summed E-state index contributed by atoms with van der Waals surface area (Å²) in [7, 11) is -3.16. The number of hydrogen-bond acceptors (Lipinski definition) is 3. The van der Waals surface area contributed by atoms with Crippen LogP contribution in [0.3, 0.4) is 0 Å². The summed E-state index contributed by atoms with van der Waals surface area (Å²) in [4.78, 5) is 11.3. The zero-order valence-electron chi connectivity index (χ0n) is 11.8. The van der Waals surface area contributed by atoms with Crippen molar-refractivity contribution >= 4 is 22.5 Å². The van der Waals surface area contributed by atoms with Gasteiger partial charge in [-0.2, -0.15) is 0 Å². The molecule has 1 aliphatic rings. The van der Waals surface area contributed by atoms with Gasteiger partial charge in [-0.3, -0.25) is 4.79 Å². The lowest BCUT2D eigenvalue weighted by molar-refractivity contribution is -0.140. The molecule has 1 heterocycles. The Labute approximate surface area is 106 Å². The quantitative estimate of drug-likeness (QED) is 0.799. The molecule has 0 saturated carbocycles. The zero-order chi connectivity index (χ0) is 13.4. The van der Waals surface area contributed by atoms with Crippen LogP contribution in [0.4, 0.5) is 0 Å². The molecular weight excluding hydrogens is 250 g/mol. The van der Waals surface area contributed by atoms with E-state index in [2.05, 4.69) is 43.8 Å². The minimum Gasteiger partial charge on any atom is -0.480 e. The number of aliphatic carboxylic acids is 1. The molecule has 0 radical (unpaired) electrons. The predicted octanol–water partition coefficient (Wildman–Crippen LogP) is 2.20. The first-order chi connectivity index (χ1) is 7.50. The molecule has 0 aromatic carbocycles. The Bertz CT molecular complexity index is 296. The van der Waals surface area contributed by atoms with E-state index < -0.39 is 22.5 Å². The lowest BCUT2D eigenvalue weighted by Crippen LogP contribution is -2.51. The van der Waals surface area contributed by atoms with Gasteiger partial charge in [-0.05, 0) is 26.1 Å². The molecule has 0 spiro atoms. The van der Waals surface area contributed by atoms with Gasteiger partial charge in [-0.1, -0.05) is 19.6 Å². The molecule has 17 heavy (non-hydrogen) atoms. The Morgan fingerprint density at radius 3 is 2.06 bits per heavy atom. The largest absolute Gasteiger partial charge is 0.480 e. The summed E-state index contributed by atoms with van der Waals surface area (Å²) in [5.74, 6) is -0.700. The molecule has 0 amide bonds. The van der Waals surface area contributed by atoms with E-state index in [1.165, 1.54) is 0 Å². The lowest BCUT2D eigenvalue weighted by atomic mass is 10.2. The molecule has 0 bridgehead atoms. The van der Waals surface area contributed by atoms with Gasteiger partial charge in [-0.25, -0.2) is 0 Å². The van der Waals surface area contributed by atoms with Gasteiger partial charge in [0.2, 0.25) is 0 Å². The van der Waals surface area contributed by atoms with Crippen LogP contribution in [0.1, 0.15) is 6.42 Å². The van der Waals surface area contributed by atoms with Crippen molar-refractivity contribution in [1.29, 1.82) is 0 Å². The summed E-state index contributed by atoms with van der Waals surface area (Å²) in [6.45, 7) is 13.8. The lowest BCUT2D eigenvalue weighted by Gasteiger charge is -2.33. The molecule has 100 valence electrons. The molecule has 1 aliphatic heterocycles. The number of carboxylic acids is 1. The minimum atomic E-state index is -1.58. The van der Waals surface area contributed by atoms with Gasteiger partial charge in [0, 0.05) is 6.54 Å². The maximum Gasteiger partial charge on any atom is 0.320 e. The molecular formula is C11H25NO3Si2. The monoisotopic (exact) mass is 275 g/mol. The van der Waals surface area contributed by atoms with Gasteiger partial charge in [0.1, 0.15) is 14.3 Å². The van der Waals surface area contributed by atoms with Crippen LogP contribution in [0.2, 0.25) is 39.3 Å². The summed E-state index contributed by atoms with van der Waals surface area (Å²) in [6.07, 6.45) is 0.749. The molecule has 0 aliphatic carbocycles. The first-order valence-corrected chi connectivity index (χ1v) is 13.0. The third-order valence-corrected chi connectivity index (χ3v) is 6.19. The van der Waals surface area contributed by atoms with Crippen molar-refractivity contribution in [1.82, 2.24) is 4.57 Å².